The van der Waals surface area contributed by atoms with E-state index in [1.807, 2.05) is 36.2 Å². The quantitative estimate of drug-likeness (QED) is 0.624. The third kappa shape index (κ3) is 4.41. The number of carbonyl (C=O) groups is 2. The van der Waals surface area contributed by atoms with Gasteiger partial charge < -0.3 is 24.1 Å². The molecule has 0 unspecified atom stereocenters. The normalized spacial score (nSPS) is 14.2. The minimum atomic E-state index is -0.256. The molecule has 2 aromatic heterocycles. The smallest absolute Gasteiger partial charge is 0.287 e. The van der Waals surface area contributed by atoms with Crippen LogP contribution in [0.15, 0.2) is 47.2 Å². The predicted octanol–water partition coefficient (Wildman–Crippen LogP) is 3.16. The summed E-state index contributed by atoms with van der Waals surface area (Å²) in [5.74, 6) is 1.63. The van der Waals surface area contributed by atoms with Gasteiger partial charge in [-0.2, -0.15) is 0 Å². The van der Waals surface area contributed by atoms with E-state index in [0.29, 0.717) is 32.5 Å². The molecule has 5 rings (SSSR count). The van der Waals surface area contributed by atoms with Gasteiger partial charge in [0.25, 0.3) is 5.91 Å². The fraction of sp³-hybridized carbons (Fsp3) is 0.320. The number of nitrogens with one attached hydrogen (secondary N) is 1. The topological polar surface area (TPSA) is 93.9 Å². The Kier molecular flexibility index (Phi) is 5.73. The van der Waals surface area contributed by atoms with Crippen LogP contribution < -0.4 is 14.8 Å². The van der Waals surface area contributed by atoms with Crippen LogP contribution >= 0.6 is 0 Å². The maximum absolute atomic E-state index is 12.9. The standard InChI is InChI=1S/C25H25N3O5/c1-16-20(13-27-25(30)22-3-2-10-31-22)19-8-9-28(14-18(19)12-26-16)24(29)7-5-17-4-6-21-23(11-17)33-15-32-21/h2-4,6,10-12H,5,7-9,13-15H2,1H3,(H,27,30). The summed E-state index contributed by atoms with van der Waals surface area (Å²) in [4.78, 5) is 31.6. The van der Waals surface area contributed by atoms with Crippen LogP contribution in [0.5, 0.6) is 11.5 Å². The number of aromatic nitrogens is 1. The molecule has 0 aliphatic carbocycles. The summed E-state index contributed by atoms with van der Waals surface area (Å²) >= 11 is 0. The Bertz CT molecular complexity index is 1190. The number of benzene rings is 1. The number of fused-ring (bicyclic) bond motifs is 2. The summed E-state index contributed by atoms with van der Waals surface area (Å²) in [5, 5.41) is 2.91. The van der Waals surface area contributed by atoms with Crippen LogP contribution in [0, 0.1) is 6.92 Å². The number of aryl methyl sites for hydroxylation is 2. The third-order valence-electron chi connectivity index (χ3n) is 6.18. The first-order valence-electron chi connectivity index (χ1n) is 11.0. The second-order valence-electron chi connectivity index (χ2n) is 8.24. The highest BCUT2D eigenvalue weighted by atomic mass is 16.7. The lowest BCUT2D eigenvalue weighted by molar-refractivity contribution is -0.132. The Morgan fingerprint density at radius 2 is 2.06 bits per heavy atom. The van der Waals surface area contributed by atoms with E-state index in [-0.39, 0.29) is 24.4 Å². The Labute approximate surface area is 191 Å². The summed E-state index contributed by atoms with van der Waals surface area (Å²) in [5.41, 5.74) is 5.15. The van der Waals surface area contributed by atoms with E-state index in [1.165, 1.54) is 11.8 Å². The summed E-state index contributed by atoms with van der Waals surface area (Å²) < 4.78 is 15.9. The zero-order valence-electron chi connectivity index (χ0n) is 18.4. The molecule has 8 nitrogen and oxygen atoms in total. The molecule has 3 aromatic rings. The van der Waals surface area contributed by atoms with Gasteiger partial charge in [0.1, 0.15) is 0 Å². The first kappa shape index (κ1) is 21.1. The number of carbonyl (C=O) groups excluding carboxylic acids is 2. The van der Waals surface area contributed by atoms with Crippen molar-refractivity contribution in [2.45, 2.75) is 39.3 Å². The van der Waals surface area contributed by atoms with Crippen molar-refractivity contribution in [2.24, 2.45) is 0 Å². The van der Waals surface area contributed by atoms with Gasteiger partial charge in [-0.1, -0.05) is 6.07 Å². The number of hydrogen-bond acceptors (Lipinski definition) is 6. The first-order chi connectivity index (χ1) is 16.1. The molecule has 0 radical (unpaired) electrons. The molecule has 0 saturated heterocycles. The lowest BCUT2D eigenvalue weighted by atomic mass is 9.94. The van der Waals surface area contributed by atoms with Crippen molar-refractivity contribution in [3.8, 4) is 11.5 Å². The van der Waals surface area contributed by atoms with Gasteiger partial charge in [0, 0.05) is 37.9 Å². The zero-order valence-corrected chi connectivity index (χ0v) is 18.4. The Morgan fingerprint density at radius 3 is 2.91 bits per heavy atom. The third-order valence-corrected chi connectivity index (χ3v) is 6.18. The lowest BCUT2D eigenvalue weighted by Gasteiger charge is -2.30. The maximum atomic E-state index is 12.9. The van der Waals surface area contributed by atoms with E-state index in [1.54, 1.807) is 12.1 Å². The van der Waals surface area contributed by atoms with Crippen molar-refractivity contribution in [3.63, 3.8) is 0 Å². The van der Waals surface area contributed by atoms with Crippen molar-refractivity contribution in [1.82, 2.24) is 15.2 Å². The Morgan fingerprint density at radius 1 is 1.18 bits per heavy atom. The zero-order chi connectivity index (χ0) is 22.8. The number of pyridine rings is 1. The van der Waals surface area contributed by atoms with Gasteiger partial charge in [-0.15, -0.1) is 0 Å². The van der Waals surface area contributed by atoms with Gasteiger partial charge in [-0.25, -0.2) is 0 Å². The van der Waals surface area contributed by atoms with Gasteiger partial charge in [-0.05, 0) is 66.3 Å². The molecule has 0 atom stereocenters. The largest absolute Gasteiger partial charge is 0.459 e. The van der Waals surface area contributed by atoms with E-state index in [4.69, 9.17) is 13.9 Å². The van der Waals surface area contributed by atoms with Gasteiger partial charge in [-0.3, -0.25) is 14.6 Å². The fourth-order valence-electron chi connectivity index (χ4n) is 4.34. The van der Waals surface area contributed by atoms with E-state index >= 15 is 0 Å². The molecule has 1 N–H and O–H groups in total. The summed E-state index contributed by atoms with van der Waals surface area (Å²) in [6.45, 7) is 3.74. The summed E-state index contributed by atoms with van der Waals surface area (Å²) in [6.07, 6.45) is 5.14. The molecule has 33 heavy (non-hydrogen) atoms. The summed E-state index contributed by atoms with van der Waals surface area (Å²) in [7, 11) is 0. The van der Waals surface area contributed by atoms with Crippen LogP contribution in [0.2, 0.25) is 0 Å². The van der Waals surface area contributed by atoms with E-state index in [9.17, 15) is 9.59 Å². The predicted molar refractivity (Wildman–Crippen MR) is 119 cm³/mol. The van der Waals surface area contributed by atoms with Crippen molar-refractivity contribution in [1.29, 1.82) is 0 Å². The lowest BCUT2D eigenvalue weighted by Crippen LogP contribution is -2.37. The number of furan rings is 1. The molecule has 1 aromatic carbocycles. The van der Waals surface area contributed by atoms with Crippen molar-refractivity contribution >= 4 is 11.8 Å². The number of rotatable bonds is 6. The highest BCUT2D eigenvalue weighted by molar-refractivity contribution is 5.91. The molecular weight excluding hydrogens is 422 g/mol. The van der Waals surface area contributed by atoms with E-state index in [0.717, 1.165) is 40.3 Å². The highest BCUT2D eigenvalue weighted by Gasteiger charge is 2.24. The number of ether oxygens (including phenoxy) is 2. The molecule has 170 valence electrons. The van der Waals surface area contributed by atoms with Crippen LogP contribution in [0.4, 0.5) is 0 Å². The van der Waals surface area contributed by atoms with Crippen LogP contribution in [-0.2, 0) is 30.7 Å². The molecule has 0 spiro atoms. The van der Waals surface area contributed by atoms with Crippen LogP contribution in [0.1, 0.15) is 44.9 Å². The minimum absolute atomic E-state index is 0.117. The second kappa shape index (κ2) is 8.97. The number of nitrogens with zero attached hydrogens (tertiary/aromatic N) is 2. The number of amides is 2. The molecular formula is C25H25N3O5. The van der Waals surface area contributed by atoms with E-state index in [2.05, 4.69) is 10.3 Å². The van der Waals surface area contributed by atoms with Crippen molar-refractivity contribution in [2.75, 3.05) is 13.3 Å². The Balaban J connectivity index is 1.21. The average Bonchev–Trinajstić information content (AvgIpc) is 3.53. The van der Waals surface area contributed by atoms with Crippen molar-refractivity contribution in [3.05, 3.63) is 76.5 Å². The summed E-state index contributed by atoms with van der Waals surface area (Å²) in [6, 6.07) is 9.12. The second-order valence-corrected chi connectivity index (χ2v) is 8.24. The number of hydrogen-bond donors (Lipinski definition) is 1. The van der Waals surface area contributed by atoms with Gasteiger partial charge in [0.05, 0.1) is 6.26 Å². The average molecular weight is 447 g/mol. The molecule has 4 heterocycles. The highest BCUT2D eigenvalue weighted by Crippen LogP contribution is 2.33. The van der Waals surface area contributed by atoms with Crippen molar-refractivity contribution < 1.29 is 23.5 Å². The molecule has 0 fully saturated rings. The molecule has 2 aliphatic heterocycles. The van der Waals surface area contributed by atoms with Gasteiger partial charge >= 0.3 is 0 Å². The van der Waals surface area contributed by atoms with Gasteiger partial charge in [0.2, 0.25) is 12.7 Å². The fourth-order valence-corrected chi connectivity index (χ4v) is 4.34. The molecule has 2 amide bonds. The minimum Gasteiger partial charge on any atom is -0.459 e. The molecule has 8 heteroatoms. The SMILES string of the molecule is Cc1ncc2c(c1CNC(=O)c1ccco1)CCN(C(=O)CCc1ccc3c(c1)OCO3)C2. The van der Waals surface area contributed by atoms with E-state index < -0.39 is 0 Å². The monoisotopic (exact) mass is 447 g/mol. The molecule has 0 bridgehead atoms. The van der Waals surface area contributed by atoms with Crippen LogP contribution in [-0.4, -0.2) is 35.0 Å². The maximum Gasteiger partial charge on any atom is 0.287 e. The van der Waals surface area contributed by atoms with Gasteiger partial charge in [0.15, 0.2) is 17.3 Å². The van der Waals surface area contributed by atoms with Crippen LogP contribution in [0.25, 0.3) is 0 Å². The van der Waals surface area contributed by atoms with Crippen LogP contribution in [0.3, 0.4) is 0 Å². The Hall–Kier alpha value is -3.81. The first-order valence-corrected chi connectivity index (χ1v) is 11.0. The molecule has 2 aliphatic rings. The molecule has 0 saturated carbocycles.